The maximum Gasteiger partial charge on any atom is 0.255 e. The zero-order valence-corrected chi connectivity index (χ0v) is 11.4. The second-order valence-electron chi connectivity index (χ2n) is 4.83. The van der Waals surface area contributed by atoms with Gasteiger partial charge in [0, 0.05) is 10.9 Å². The molecule has 0 aliphatic heterocycles. The minimum Gasteiger partial charge on any atom is -0.321 e. The molecule has 0 radical (unpaired) electrons. The molecule has 2 aromatic carbocycles. The third kappa shape index (κ3) is 2.74. The number of para-hydroxylation sites is 1. The number of halogens is 1. The van der Waals surface area contributed by atoms with E-state index in [1.54, 1.807) is 25.3 Å². The van der Waals surface area contributed by atoms with E-state index in [0.717, 1.165) is 10.9 Å². The molecule has 1 heterocycles. The van der Waals surface area contributed by atoms with Gasteiger partial charge >= 0.3 is 0 Å². The number of nitrogens with one attached hydrogen (secondary N) is 1. The Hall–Kier alpha value is -2.75. The van der Waals surface area contributed by atoms with Gasteiger partial charge < -0.3 is 5.32 Å². The average Bonchev–Trinajstić information content (AvgIpc) is 2.50. The van der Waals surface area contributed by atoms with Crippen molar-refractivity contribution in [1.29, 1.82) is 0 Å². The Labute approximate surface area is 121 Å². The van der Waals surface area contributed by atoms with Gasteiger partial charge in [-0.15, -0.1) is 0 Å². The molecule has 0 aliphatic carbocycles. The van der Waals surface area contributed by atoms with E-state index in [4.69, 9.17) is 0 Å². The Bertz CT molecular complexity index is 830. The first-order valence-electron chi connectivity index (χ1n) is 6.56. The summed E-state index contributed by atoms with van der Waals surface area (Å²) >= 11 is 0. The smallest absolute Gasteiger partial charge is 0.255 e. The van der Waals surface area contributed by atoms with Crippen LogP contribution >= 0.6 is 0 Å². The molecular weight excluding hydrogens is 267 g/mol. The summed E-state index contributed by atoms with van der Waals surface area (Å²) in [6.07, 6.45) is 1.59. The second-order valence-corrected chi connectivity index (χ2v) is 4.83. The lowest BCUT2D eigenvalue weighted by Crippen LogP contribution is -2.12. The summed E-state index contributed by atoms with van der Waals surface area (Å²) in [6, 6.07) is 13.9. The quantitative estimate of drug-likeness (QED) is 0.772. The number of hydrogen-bond donors (Lipinski definition) is 1. The molecule has 0 saturated carbocycles. The number of hydrogen-bond acceptors (Lipinski definition) is 2. The molecule has 0 aliphatic rings. The van der Waals surface area contributed by atoms with Gasteiger partial charge in [-0.2, -0.15) is 0 Å². The number of rotatable bonds is 2. The average molecular weight is 280 g/mol. The third-order valence-corrected chi connectivity index (χ3v) is 3.28. The van der Waals surface area contributed by atoms with E-state index < -0.39 is 0 Å². The highest BCUT2D eigenvalue weighted by molar-refractivity contribution is 6.04. The van der Waals surface area contributed by atoms with Crippen LogP contribution in [0.2, 0.25) is 0 Å². The van der Waals surface area contributed by atoms with E-state index in [9.17, 15) is 9.18 Å². The number of aryl methyl sites for hydroxylation is 1. The number of benzene rings is 2. The number of amides is 1. The topological polar surface area (TPSA) is 42.0 Å². The summed E-state index contributed by atoms with van der Waals surface area (Å²) in [5, 5.41) is 3.66. The maximum atomic E-state index is 13.5. The molecule has 0 bridgehead atoms. The molecule has 104 valence electrons. The fraction of sp³-hybridized carbons (Fsp3) is 0.0588. The lowest BCUT2D eigenvalue weighted by molar-refractivity contribution is 0.102. The van der Waals surface area contributed by atoms with Gasteiger partial charge in [-0.3, -0.25) is 9.78 Å². The van der Waals surface area contributed by atoms with Gasteiger partial charge in [-0.1, -0.05) is 24.3 Å². The lowest BCUT2D eigenvalue weighted by atomic mass is 10.1. The van der Waals surface area contributed by atoms with Crippen molar-refractivity contribution in [2.75, 3.05) is 5.32 Å². The first-order valence-corrected chi connectivity index (χ1v) is 6.56. The van der Waals surface area contributed by atoms with E-state index in [0.29, 0.717) is 11.3 Å². The lowest BCUT2D eigenvalue weighted by Gasteiger charge is -2.07. The van der Waals surface area contributed by atoms with Crippen LogP contribution in [-0.4, -0.2) is 10.9 Å². The second kappa shape index (κ2) is 5.32. The number of fused-ring (bicyclic) bond motifs is 1. The van der Waals surface area contributed by atoms with Crippen LogP contribution in [0.5, 0.6) is 0 Å². The molecule has 0 fully saturated rings. The van der Waals surface area contributed by atoms with Gasteiger partial charge in [0.1, 0.15) is 5.82 Å². The van der Waals surface area contributed by atoms with E-state index in [1.807, 2.05) is 30.3 Å². The minimum atomic E-state index is -0.390. The van der Waals surface area contributed by atoms with E-state index in [-0.39, 0.29) is 17.3 Å². The summed E-state index contributed by atoms with van der Waals surface area (Å²) in [4.78, 5) is 16.4. The third-order valence-electron chi connectivity index (χ3n) is 3.28. The van der Waals surface area contributed by atoms with Crippen LogP contribution in [0, 0.1) is 12.7 Å². The number of pyridine rings is 1. The highest BCUT2D eigenvalue weighted by Gasteiger charge is 2.09. The van der Waals surface area contributed by atoms with Crippen molar-refractivity contribution >= 4 is 22.5 Å². The predicted molar refractivity (Wildman–Crippen MR) is 80.8 cm³/mol. The largest absolute Gasteiger partial charge is 0.321 e. The van der Waals surface area contributed by atoms with Crippen molar-refractivity contribution < 1.29 is 9.18 Å². The summed E-state index contributed by atoms with van der Waals surface area (Å²) < 4.78 is 13.5. The number of carbonyl (C=O) groups excluding carboxylic acids is 1. The molecule has 0 saturated heterocycles. The first kappa shape index (κ1) is 13.2. The Kier molecular flexibility index (Phi) is 3.36. The molecule has 1 amide bonds. The molecule has 4 heteroatoms. The zero-order valence-electron chi connectivity index (χ0n) is 11.4. The number of nitrogens with zero attached hydrogens (tertiary/aromatic N) is 1. The molecule has 3 aromatic rings. The van der Waals surface area contributed by atoms with Crippen LogP contribution < -0.4 is 5.32 Å². The molecule has 21 heavy (non-hydrogen) atoms. The van der Waals surface area contributed by atoms with Crippen LogP contribution in [0.25, 0.3) is 10.9 Å². The fourth-order valence-electron chi connectivity index (χ4n) is 2.08. The monoisotopic (exact) mass is 280 g/mol. The Morgan fingerprint density at radius 2 is 1.95 bits per heavy atom. The van der Waals surface area contributed by atoms with Gasteiger partial charge in [-0.05, 0) is 36.8 Å². The molecule has 0 spiro atoms. The number of aromatic nitrogens is 1. The van der Waals surface area contributed by atoms with Gasteiger partial charge in [0.25, 0.3) is 5.91 Å². The Balaban J connectivity index is 1.87. The Morgan fingerprint density at radius 3 is 2.76 bits per heavy atom. The summed E-state index contributed by atoms with van der Waals surface area (Å²) in [5.41, 5.74) is 2.24. The standard InChI is InChI=1S/C17H13FN2O/c1-11-6-7-13(9-15(11)18)17(21)20-14-8-12-4-2-3-5-16(12)19-10-14/h2-10H,1H3,(H,20,21). The summed E-state index contributed by atoms with van der Waals surface area (Å²) in [7, 11) is 0. The van der Waals surface area contributed by atoms with Crippen molar-refractivity contribution in [3.05, 3.63) is 71.7 Å². The normalized spacial score (nSPS) is 10.6. The molecule has 3 nitrogen and oxygen atoms in total. The van der Waals surface area contributed by atoms with Gasteiger partial charge in [0.2, 0.25) is 0 Å². The highest BCUT2D eigenvalue weighted by atomic mass is 19.1. The van der Waals surface area contributed by atoms with Crippen LogP contribution in [-0.2, 0) is 0 Å². The van der Waals surface area contributed by atoms with Crippen molar-refractivity contribution in [1.82, 2.24) is 4.98 Å². The van der Waals surface area contributed by atoms with Crippen LogP contribution in [0.4, 0.5) is 10.1 Å². The fourth-order valence-corrected chi connectivity index (χ4v) is 2.08. The van der Waals surface area contributed by atoms with Crippen molar-refractivity contribution in [3.63, 3.8) is 0 Å². The molecule has 1 N–H and O–H groups in total. The molecule has 1 aromatic heterocycles. The maximum absolute atomic E-state index is 13.5. The van der Waals surface area contributed by atoms with Crippen molar-refractivity contribution in [3.8, 4) is 0 Å². The van der Waals surface area contributed by atoms with E-state index in [2.05, 4.69) is 10.3 Å². The Morgan fingerprint density at radius 1 is 1.14 bits per heavy atom. The van der Waals surface area contributed by atoms with Crippen molar-refractivity contribution in [2.24, 2.45) is 0 Å². The zero-order chi connectivity index (χ0) is 14.8. The first-order chi connectivity index (χ1) is 10.1. The van der Waals surface area contributed by atoms with Crippen LogP contribution in [0.15, 0.2) is 54.7 Å². The molecule has 3 rings (SSSR count). The van der Waals surface area contributed by atoms with Crippen LogP contribution in [0.1, 0.15) is 15.9 Å². The number of anilines is 1. The summed E-state index contributed by atoms with van der Waals surface area (Å²) in [6.45, 7) is 1.66. The van der Waals surface area contributed by atoms with E-state index in [1.165, 1.54) is 6.07 Å². The van der Waals surface area contributed by atoms with Gasteiger partial charge in [0.15, 0.2) is 0 Å². The minimum absolute atomic E-state index is 0.284. The molecule has 0 atom stereocenters. The predicted octanol–water partition coefficient (Wildman–Crippen LogP) is 3.93. The van der Waals surface area contributed by atoms with Crippen molar-refractivity contribution in [2.45, 2.75) is 6.92 Å². The van der Waals surface area contributed by atoms with Gasteiger partial charge in [0.05, 0.1) is 17.4 Å². The van der Waals surface area contributed by atoms with Crippen LogP contribution in [0.3, 0.4) is 0 Å². The summed E-state index contributed by atoms with van der Waals surface area (Å²) in [5.74, 6) is -0.745. The number of carbonyl (C=O) groups is 1. The molecular formula is C17H13FN2O. The molecule has 0 unspecified atom stereocenters. The SMILES string of the molecule is Cc1ccc(C(=O)Nc2cnc3ccccc3c2)cc1F. The van der Waals surface area contributed by atoms with E-state index >= 15 is 0 Å². The van der Waals surface area contributed by atoms with Gasteiger partial charge in [-0.25, -0.2) is 4.39 Å². The highest BCUT2D eigenvalue weighted by Crippen LogP contribution is 2.17.